The predicted octanol–water partition coefficient (Wildman–Crippen LogP) is 2.75. The van der Waals surface area contributed by atoms with Crippen molar-refractivity contribution in [3.63, 3.8) is 0 Å². The van der Waals surface area contributed by atoms with Crippen LogP contribution in [0.4, 0.5) is 13.2 Å². The third kappa shape index (κ3) is 2.53. The lowest BCUT2D eigenvalue weighted by atomic mass is 10.3. The van der Waals surface area contributed by atoms with Gasteiger partial charge in [-0.3, -0.25) is 5.10 Å². The van der Waals surface area contributed by atoms with E-state index in [2.05, 4.69) is 25.3 Å². The van der Waals surface area contributed by atoms with Crippen LogP contribution in [0.15, 0.2) is 11.4 Å². The number of H-pyrrole nitrogens is 1. The molecule has 21 heavy (non-hydrogen) atoms. The summed E-state index contributed by atoms with van der Waals surface area (Å²) >= 11 is 1.05. The van der Waals surface area contributed by atoms with E-state index in [1.165, 1.54) is 6.92 Å². The average molecular weight is 314 g/mol. The highest BCUT2D eigenvalue weighted by Crippen LogP contribution is 2.32. The fourth-order valence-electron chi connectivity index (χ4n) is 1.77. The second kappa shape index (κ2) is 4.65. The van der Waals surface area contributed by atoms with Gasteiger partial charge in [-0.1, -0.05) is 0 Å². The summed E-state index contributed by atoms with van der Waals surface area (Å²) in [5, 5.41) is 12.1. The Morgan fingerprint density at radius 2 is 2.00 bits per heavy atom. The maximum atomic E-state index is 13.0. The Morgan fingerprint density at radius 3 is 2.62 bits per heavy atom. The molecule has 1 N–H and O–H groups in total. The lowest BCUT2D eigenvalue weighted by Gasteiger charge is -2.06. The van der Waals surface area contributed by atoms with Crippen molar-refractivity contribution in [2.75, 3.05) is 0 Å². The van der Waals surface area contributed by atoms with Crippen LogP contribution in [-0.4, -0.2) is 29.9 Å². The van der Waals surface area contributed by atoms with E-state index in [0.717, 1.165) is 22.1 Å². The monoisotopic (exact) mass is 314 g/mol. The number of hydrogen-bond acceptors (Lipinski definition) is 5. The van der Waals surface area contributed by atoms with Crippen molar-refractivity contribution in [3.8, 4) is 16.6 Å². The predicted molar refractivity (Wildman–Crippen MR) is 69.1 cm³/mol. The number of halogens is 3. The molecule has 3 rings (SSSR count). The summed E-state index contributed by atoms with van der Waals surface area (Å²) < 4.78 is 39.7. The highest BCUT2D eigenvalue weighted by molar-refractivity contribution is 7.12. The summed E-state index contributed by atoms with van der Waals surface area (Å²) in [7, 11) is 0. The van der Waals surface area contributed by atoms with E-state index in [1.807, 2.05) is 0 Å². The van der Waals surface area contributed by atoms with Crippen molar-refractivity contribution in [2.24, 2.45) is 0 Å². The molecule has 0 fully saturated rings. The third-order valence-corrected chi connectivity index (χ3v) is 3.44. The Hall–Kier alpha value is -2.23. The Bertz CT molecular complexity index is 784. The van der Waals surface area contributed by atoms with Gasteiger partial charge in [0.05, 0.1) is 5.69 Å². The number of thiazole rings is 1. The van der Waals surface area contributed by atoms with Crippen LogP contribution in [0.5, 0.6) is 0 Å². The summed E-state index contributed by atoms with van der Waals surface area (Å²) in [6, 6.07) is 0.984. The first-order valence-electron chi connectivity index (χ1n) is 5.84. The standard InChI is InChI=1S/C11H9F3N6S/c1-5-3-8(11(12,13)14)20(19-5)10-16-7(4-21-10)9-15-6(2)17-18-9/h3-4H,1-2H3,(H,15,17,18). The van der Waals surface area contributed by atoms with E-state index in [9.17, 15) is 13.2 Å². The van der Waals surface area contributed by atoms with Gasteiger partial charge < -0.3 is 0 Å². The van der Waals surface area contributed by atoms with Crippen molar-refractivity contribution in [1.82, 2.24) is 29.9 Å². The maximum Gasteiger partial charge on any atom is 0.433 e. The molecule has 0 amide bonds. The first-order chi connectivity index (χ1) is 9.84. The van der Waals surface area contributed by atoms with Gasteiger partial charge in [-0.05, 0) is 19.9 Å². The molecule has 0 atom stereocenters. The van der Waals surface area contributed by atoms with Crippen molar-refractivity contribution >= 4 is 11.3 Å². The van der Waals surface area contributed by atoms with Crippen molar-refractivity contribution in [2.45, 2.75) is 20.0 Å². The molecule has 3 heterocycles. The molecule has 0 saturated carbocycles. The average Bonchev–Trinajstić information content (AvgIpc) is 3.05. The molecular weight excluding hydrogens is 305 g/mol. The molecule has 6 nitrogen and oxygen atoms in total. The van der Waals surface area contributed by atoms with Crippen LogP contribution >= 0.6 is 11.3 Å². The molecule has 3 aromatic heterocycles. The number of aryl methyl sites for hydroxylation is 2. The Labute approximate surface area is 120 Å². The van der Waals surface area contributed by atoms with Gasteiger partial charge in [0, 0.05) is 5.38 Å². The fraction of sp³-hybridized carbons (Fsp3) is 0.273. The van der Waals surface area contributed by atoms with Gasteiger partial charge in [-0.25, -0.2) is 14.6 Å². The van der Waals surface area contributed by atoms with E-state index in [1.54, 1.807) is 12.3 Å². The molecule has 0 spiro atoms. The van der Waals surface area contributed by atoms with E-state index in [0.29, 0.717) is 17.3 Å². The Kier molecular flexibility index (Phi) is 3.04. The molecular formula is C11H9F3N6S. The van der Waals surface area contributed by atoms with Crippen LogP contribution in [0, 0.1) is 13.8 Å². The molecule has 0 aromatic carbocycles. The normalized spacial score (nSPS) is 12.0. The zero-order valence-electron chi connectivity index (χ0n) is 10.9. The third-order valence-electron chi connectivity index (χ3n) is 2.62. The SMILES string of the molecule is Cc1cc(C(F)(F)F)n(-c2nc(-c3n[nH]c(C)n3)cs2)n1. The Balaban J connectivity index is 2.05. The van der Waals surface area contributed by atoms with Gasteiger partial charge in [-0.15, -0.1) is 11.3 Å². The number of nitrogens with one attached hydrogen (secondary N) is 1. The number of aromatic nitrogens is 6. The van der Waals surface area contributed by atoms with Gasteiger partial charge in [0.1, 0.15) is 11.5 Å². The van der Waals surface area contributed by atoms with E-state index in [-0.39, 0.29) is 10.8 Å². The van der Waals surface area contributed by atoms with Crippen LogP contribution in [0.3, 0.4) is 0 Å². The topological polar surface area (TPSA) is 72.3 Å². The number of nitrogens with zero attached hydrogens (tertiary/aromatic N) is 5. The molecule has 10 heteroatoms. The summed E-state index contributed by atoms with van der Waals surface area (Å²) in [4.78, 5) is 8.22. The lowest BCUT2D eigenvalue weighted by molar-refractivity contribution is -0.142. The molecule has 3 aromatic rings. The zero-order valence-corrected chi connectivity index (χ0v) is 11.7. The van der Waals surface area contributed by atoms with Gasteiger partial charge in [-0.2, -0.15) is 23.4 Å². The van der Waals surface area contributed by atoms with Gasteiger partial charge >= 0.3 is 6.18 Å². The first-order valence-corrected chi connectivity index (χ1v) is 6.71. The lowest BCUT2D eigenvalue weighted by Crippen LogP contribution is -2.13. The summed E-state index contributed by atoms with van der Waals surface area (Å²) in [5.41, 5.74) is -0.180. The minimum absolute atomic E-state index is 0.118. The molecule has 0 bridgehead atoms. The highest BCUT2D eigenvalue weighted by Gasteiger charge is 2.36. The Morgan fingerprint density at radius 1 is 1.24 bits per heavy atom. The van der Waals surface area contributed by atoms with Crippen LogP contribution in [0.1, 0.15) is 17.2 Å². The second-order valence-corrected chi connectivity index (χ2v) is 5.18. The van der Waals surface area contributed by atoms with Crippen LogP contribution in [0.2, 0.25) is 0 Å². The van der Waals surface area contributed by atoms with Gasteiger partial charge in [0.2, 0.25) is 11.0 Å². The molecule has 0 radical (unpaired) electrons. The largest absolute Gasteiger partial charge is 0.433 e. The van der Waals surface area contributed by atoms with Crippen molar-refractivity contribution in [3.05, 3.63) is 28.7 Å². The summed E-state index contributed by atoms with van der Waals surface area (Å²) in [6.07, 6.45) is -4.49. The number of hydrogen-bond donors (Lipinski definition) is 1. The highest BCUT2D eigenvalue weighted by atomic mass is 32.1. The maximum absolute atomic E-state index is 13.0. The van der Waals surface area contributed by atoms with E-state index >= 15 is 0 Å². The number of aromatic amines is 1. The molecule has 0 aliphatic rings. The van der Waals surface area contributed by atoms with Crippen molar-refractivity contribution in [1.29, 1.82) is 0 Å². The van der Waals surface area contributed by atoms with Gasteiger partial charge in [0.15, 0.2) is 5.69 Å². The van der Waals surface area contributed by atoms with Crippen LogP contribution in [0.25, 0.3) is 16.6 Å². The molecule has 0 saturated heterocycles. The first kappa shape index (κ1) is 13.7. The smallest absolute Gasteiger partial charge is 0.263 e. The van der Waals surface area contributed by atoms with E-state index < -0.39 is 11.9 Å². The minimum atomic E-state index is -4.49. The molecule has 110 valence electrons. The molecule has 0 aliphatic carbocycles. The minimum Gasteiger partial charge on any atom is -0.263 e. The van der Waals surface area contributed by atoms with Gasteiger partial charge in [0.25, 0.3) is 0 Å². The van der Waals surface area contributed by atoms with Crippen LogP contribution < -0.4 is 0 Å². The summed E-state index contributed by atoms with van der Waals surface area (Å²) in [5.74, 6) is 0.943. The molecule has 0 unspecified atom stereocenters. The van der Waals surface area contributed by atoms with Crippen molar-refractivity contribution < 1.29 is 13.2 Å². The number of alkyl halides is 3. The van der Waals surface area contributed by atoms with E-state index in [4.69, 9.17) is 0 Å². The molecule has 0 aliphatic heterocycles. The quantitative estimate of drug-likeness (QED) is 0.789. The second-order valence-electron chi connectivity index (χ2n) is 4.34. The zero-order chi connectivity index (χ0) is 15.2. The summed E-state index contributed by atoms with van der Waals surface area (Å²) in [6.45, 7) is 3.22. The van der Waals surface area contributed by atoms with Crippen LogP contribution in [-0.2, 0) is 6.18 Å². The fourth-order valence-corrected chi connectivity index (χ4v) is 2.53. The number of rotatable bonds is 2.